The average Bonchev–Trinajstić information content (AvgIpc) is 3.13. The van der Waals surface area contributed by atoms with Crippen molar-refractivity contribution < 1.29 is 57.2 Å². The van der Waals surface area contributed by atoms with E-state index in [9.17, 15) is 28.8 Å². The van der Waals surface area contributed by atoms with E-state index in [1.54, 1.807) is 0 Å². The lowest BCUT2D eigenvalue weighted by Gasteiger charge is -2.30. The molecule has 0 heterocycles. The van der Waals surface area contributed by atoms with Gasteiger partial charge in [0.15, 0.2) is 0 Å². The second-order valence-corrected chi connectivity index (χ2v) is 19.7. The summed E-state index contributed by atoms with van der Waals surface area (Å²) in [5.74, 6) is -1.33. The molecule has 18 heteroatoms. The van der Waals surface area contributed by atoms with Gasteiger partial charge >= 0.3 is 0 Å². The van der Waals surface area contributed by atoms with Crippen LogP contribution in [-0.2, 0) is 57.2 Å². The Morgan fingerprint density at radius 1 is 0.468 bits per heavy atom. The first-order valence-corrected chi connectivity index (χ1v) is 21.9. The lowest BCUT2D eigenvalue weighted by molar-refractivity contribution is -0.134. The number of ether oxygens (including phenoxy) is 6. The van der Waals surface area contributed by atoms with Crippen molar-refractivity contribution in [1.29, 1.82) is 0 Å². The van der Waals surface area contributed by atoms with Crippen LogP contribution in [0.3, 0.4) is 0 Å². The molecule has 0 bridgehead atoms. The zero-order valence-corrected chi connectivity index (χ0v) is 40.4. The van der Waals surface area contributed by atoms with E-state index in [-0.39, 0.29) is 81.3 Å². The Morgan fingerprint density at radius 3 is 1.44 bits per heavy atom. The standard InChI is InChI=1S/C44H84N6O12/c1-40(2,3)37(54)46-19-22-58-24-27-60-30-34(51)45-18-15-14-16-33(48-35(52)31-61-28-25-59-23-20-47-38(55)41(4,5)6)36(53)49-44(12,13)17-21-57-26-29-62-32-43(10,11)39(56)50-42(7,8)9/h33H,14-32H2,1-13H3,(H,45,51)(H,46,54)(H,47,55)(H,48,52)(H,49,53)(H,50,56). The maximum Gasteiger partial charge on any atom is 0.246 e. The highest BCUT2D eigenvalue weighted by molar-refractivity contribution is 5.88. The molecule has 0 aromatic heterocycles. The number of hydrogen-bond acceptors (Lipinski definition) is 12. The van der Waals surface area contributed by atoms with Crippen LogP contribution in [0.5, 0.6) is 0 Å². The summed E-state index contributed by atoms with van der Waals surface area (Å²) >= 11 is 0. The fraction of sp³-hybridized carbons (Fsp3) is 0.864. The summed E-state index contributed by atoms with van der Waals surface area (Å²) in [6, 6.07) is -0.859. The minimum Gasteiger partial charge on any atom is -0.379 e. The monoisotopic (exact) mass is 889 g/mol. The molecule has 0 rings (SSSR count). The van der Waals surface area contributed by atoms with Crippen LogP contribution >= 0.6 is 0 Å². The van der Waals surface area contributed by atoms with Crippen LogP contribution in [0.15, 0.2) is 0 Å². The highest BCUT2D eigenvalue weighted by Crippen LogP contribution is 2.18. The molecule has 1 unspecified atom stereocenters. The van der Waals surface area contributed by atoms with Crippen molar-refractivity contribution in [2.75, 3.05) is 98.9 Å². The van der Waals surface area contributed by atoms with Gasteiger partial charge in [-0.15, -0.1) is 0 Å². The van der Waals surface area contributed by atoms with Gasteiger partial charge < -0.3 is 60.3 Å². The lowest BCUT2D eigenvalue weighted by atomic mass is 9.92. The zero-order valence-electron chi connectivity index (χ0n) is 40.4. The third-order valence-electron chi connectivity index (χ3n) is 8.80. The van der Waals surface area contributed by atoms with Crippen molar-refractivity contribution in [2.45, 2.75) is 133 Å². The van der Waals surface area contributed by atoms with Gasteiger partial charge in [-0.3, -0.25) is 28.8 Å². The van der Waals surface area contributed by atoms with E-state index in [0.29, 0.717) is 78.4 Å². The molecule has 362 valence electrons. The fourth-order valence-electron chi connectivity index (χ4n) is 4.96. The van der Waals surface area contributed by atoms with Crippen molar-refractivity contribution in [1.82, 2.24) is 31.9 Å². The van der Waals surface area contributed by atoms with Crippen molar-refractivity contribution >= 4 is 35.4 Å². The molecule has 0 aromatic rings. The number of hydrogen-bond donors (Lipinski definition) is 6. The minimum absolute atomic E-state index is 0.0563. The van der Waals surface area contributed by atoms with Gasteiger partial charge in [-0.05, 0) is 74.1 Å². The predicted molar refractivity (Wildman–Crippen MR) is 237 cm³/mol. The van der Waals surface area contributed by atoms with Gasteiger partial charge in [-0.25, -0.2) is 0 Å². The molecule has 0 aliphatic heterocycles. The Balaban J connectivity index is 4.83. The molecule has 1 atom stereocenters. The van der Waals surface area contributed by atoms with Gasteiger partial charge in [0.2, 0.25) is 35.4 Å². The normalized spacial score (nSPS) is 12.9. The summed E-state index contributed by atoms with van der Waals surface area (Å²) in [4.78, 5) is 75.1. The number of rotatable bonds is 33. The summed E-state index contributed by atoms with van der Waals surface area (Å²) in [6.07, 6.45) is 1.88. The minimum atomic E-state index is -0.859. The summed E-state index contributed by atoms with van der Waals surface area (Å²) in [7, 11) is 0. The Hall–Kier alpha value is -3.42. The SMILES string of the molecule is CC(C)(C)NC(=O)C(C)(C)COCCOCCC(C)(C)NC(=O)C(CCCCNC(=O)COCCOCCNC(=O)C(C)(C)C)NC(=O)COCCOCCNC(=O)C(C)(C)C. The van der Waals surface area contributed by atoms with E-state index < -0.39 is 33.7 Å². The van der Waals surface area contributed by atoms with E-state index in [1.165, 1.54) is 0 Å². The maximum absolute atomic E-state index is 13.5. The van der Waals surface area contributed by atoms with Gasteiger partial charge in [0.1, 0.15) is 19.3 Å². The second kappa shape index (κ2) is 29.9. The molecule has 0 radical (unpaired) electrons. The quantitative estimate of drug-likeness (QED) is 0.0523. The van der Waals surface area contributed by atoms with E-state index >= 15 is 0 Å². The highest BCUT2D eigenvalue weighted by Gasteiger charge is 2.31. The molecular formula is C44H84N6O12. The maximum atomic E-state index is 13.5. The molecule has 0 aromatic carbocycles. The molecule has 0 spiro atoms. The Bertz CT molecular complexity index is 1340. The molecule has 6 N–H and O–H groups in total. The van der Waals surface area contributed by atoms with Crippen LogP contribution in [-0.4, -0.2) is 151 Å². The molecule has 6 amide bonds. The molecule has 62 heavy (non-hydrogen) atoms. The molecular weight excluding hydrogens is 805 g/mol. The third kappa shape index (κ3) is 31.4. The Labute approximate surface area is 371 Å². The highest BCUT2D eigenvalue weighted by atomic mass is 16.5. The molecule has 0 saturated carbocycles. The van der Waals surface area contributed by atoms with E-state index in [4.69, 9.17) is 28.4 Å². The zero-order chi connectivity index (χ0) is 47.5. The summed E-state index contributed by atoms with van der Waals surface area (Å²) in [5.41, 5.74) is -2.67. The Morgan fingerprint density at radius 2 is 0.935 bits per heavy atom. The van der Waals surface area contributed by atoms with Crippen LogP contribution in [0.2, 0.25) is 0 Å². The number of nitrogens with one attached hydrogen (secondary N) is 6. The molecule has 0 aliphatic rings. The average molecular weight is 889 g/mol. The largest absolute Gasteiger partial charge is 0.379 e. The fourth-order valence-corrected chi connectivity index (χ4v) is 4.96. The lowest BCUT2D eigenvalue weighted by Crippen LogP contribution is -2.54. The van der Waals surface area contributed by atoms with Crippen LogP contribution in [0.25, 0.3) is 0 Å². The first kappa shape index (κ1) is 58.6. The number of amides is 6. The van der Waals surface area contributed by atoms with Gasteiger partial charge in [-0.1, -0.05) is 41.5 Å². The summed E-state index contributed by atoms with van der Waals surface area (Å²) in [5, 5.41) is 17.2. The van der Waals surface area contributed by atoms with Gasteiger partial charge in [0.25, 0.3) is 0 Å². The second-order valence-electron chi connectivity index (χ2n) is 19.7. The van der Waals surface area contributed by atoms with Crippen LogP contribution < -0.4 is 31.9 Å². The summed E-state index contributed by atoms with van der Waals surface area (Å²) < 4.78 is 33.2. The molecule has 18 nitrogen and oxygen atoms in total. The van der Waals surface area contributed by atoms with Crippen LogP contribution in [0, 0.1) is 16.2 Å². The molecule has 0 saturated heterocycles. The van der Waals surface area contributed by atoms with Crippen molar-refractivity contribution in [3.05, 3.63) is 0 Å². The van der Waals surface area contributed by atoms with E-state index in [2.05, 4.69) is 31.9 Å². The summed E-state index contributed by atoms with van der Waals surface area (Å²) in [6.45, 7) is 27.6. The first-order valence-electron chi connectivity index (χ1n) is 21.9. The van der Waals surface area contributed by atoms with E-state index in [0.717, 1.165) is 0 Å². The number of carbonyl (C=O) groups is 6. The molecule has 0 aliphatic carbocycles. The first-order chi connectivity index (χ1) is 28.7. The van der Waals surface area contributed by atoms with E-state index in [1.807, 2.05) is 90.0 Å². The van der Waals surface area contributed by atoms with Crippen molar-refractivity contribution in [3.63, 3.8) is 0 Å². The third-order valence-corrected chi connectivity index (χ3v) is 8.80. The van der Waals surface area contributed by atoms with Crippen LogP contribution in [0.4, 0.5) is 0 Å². The number of unbranched alkanes of at least 4 members (excludes halogenated alkanes) is 1. The predicted octanol–water partition coefficient (Wildman–Crippen LogP) is 2.41. The van der Waals surface area contributed by atoms with Crippen molar-refractivity contribution in [2.24, 2.45) is 16.2 Å². The van der Waals surface area contributed by atoms with Gasteiger partial charge in [0.05, 0.1) is 64.9 Å². The molecule has 0 fully saturated rings. The Kier molecular flexibility index (Phi) is 28.2. The van der Waals surface area contributed by atoms with Crippen LogP contribution in [0.1, 0.15) is 116 Å². The van der Waals surface area contributed by atoms with Gasteiger partial charge in [-0.2, -0.15) is 0 Å². The smallest absolute Gasteiger partial charge is 0.246 e. The topological polar surface area (TPSA) is 230 Å². The van der Waals surface area contributed by atoms with Gasteiger partial charge in [0, 0.05) is 48.1 Å². The number of carbonyl (C=O) groups excluding carboxylic acids is 6. The van der Waals surface area contributed by atoms with Crippen molar-refractivity contribution in [3.8, 4) is 0 Å².